The van der Waals surface area contributed by atoms with Gasteiger partial charge in [0.1, 0.15) is 6.10 Å². The van der Waals surface area contributed by atoms with Crippen molar-refractivity contribution in [3.8, 4) is 11.5 Å². The zero-order chi connectivity index (χ0) is 20.4. The van der Waals surface area contributed by atoms with Crippen LogP contribution in [0.4, 0.5) is 4.79 Å². The lowest BCUT2D eigenvalue weighted by molar-refractivity contribution is 0.0989. The van der Waals surface area contributed by atoms with Crippen molar-refractivity contribution in [2.75, 3.05) is 20.8 Å². The highest BCUT2D eigenvalue weighted by Gasteiger charge is 2.45. The number of hydrogen-bond donors (Lipinski definition) is 1. The first-order valence-corrected chi connectivity index (χ1v) is 10.0. The molecule has 0 spiro atoms. The minimum Gasteiger partial charge on any atom is -0.493 e. The summed E-state index contributed by atoms with van der Waals surface area (Å²) in [6, 6.07) is 14.6. The Kier molecular flexibility index (Phi) is 5.47. The summed E-state index contributed by atoms with van der Waals surface area (Å²) >= 11 is 0. The molecule has 1 heterocycles. The molecule has 2 aromatic carbocycles. The van der Waals surface area contributed by atoms with Gasteiger partial charge in [0.2, 0.25) is 0 Å². The summed E-state index contributed by atoms with van der Waals surface area (Å²) in [6.45, 7) is 4.51. The molecule has 4 atom stereocenters. The van der Waals surface area contributed by atoms with E-state index in [1.807, 2.05) is 18.2 Å². The van der Waals surface area contributed by atoms with Crippen LogP contribution in [0.15, 0.2) is 55.1 Å². The Bertz CT molecular complexity index is 895. The van der Waals surface area contributed by atoms with Crippen LogP contribution >= 0.6 is 0 Å². The van der Waals surface area contributed by atoms with Gasteiger partial charge in [0.15, 0.2) is 11.5 Å². The van der Waals surface area contributed by atoms with E-state index >= 15 is 0 Å². The number of ether oxygens (including phenoxy) is 3. The third kappa shape index (κ3) is 3.46. The molecule has 2 aromatic rings. The normalized spacial score (nSPS) is 25.5. The Labute approximate surface area is 171 Å². The molecule has 1 aliphatic carbocycles. The van der Waals surface area contributed by atoms with Crippen molar-refractivity contribution in [2.45, 2.75) is 30.8 Å². The number of allylic oxidation sites excluding steroid dienone is 1. The molecule has 4 unspecified atom stereocenters. The average Bonchev–Trinajstić information content (AvgIpc) is 3.18. The molecule has 1 amide bonds. The molecule has 1 aliphatic heterocycles. The molecule has 1 fully saturated rings. The molecule has 2 aliphatic rings. The maximum absolute atomic E-state index is 11.8. The minimum atomic E-state index is -0.351. The van der Waals surface area contributed by atoms with Gasteiger partial charge in [0, 0.05) is 11.5 Å². The molecule has 5 heteroatoms. The van der Waals surface area contributed by atoms with Gasteiger partial charge >= 0.3 is 6.09 Å². The number of hydrogen-bond acceptors (Lipinski definition) is 4. The SMILES string of the molecule is C=CCC1C(c2ccccc2)Cc2c(ccc(OC)c2OC)C1C1CNC(=O)O1. The molecule has 0 saturated carbocycles. The summed E-state index contributed by atoms with van der Waals surface area (Å²) in [5, 5.41) is 2.82. The largest absolute Gasteiger partial charge is 0.493 e. The Morgan fingerprint density at radius 1 is 1.17 bits per heavy atom. The standard InChI is InChI=1S/C24H27NO4/c1-4-8-16-18(15-9-6-5-7-10-15)13-19-17(11-12-20(27-2)23(19)28-3)22(16)21-14-25-24(26)29-21/h4-7,9-12,16,18,21-22H,1,8,13-14H2,2-3H3,(H,25,26). The van der Waals surface area contributed by atoms with Gasteiger partial charge in [-0.3, -0.25) is 0 Å². The van der Waals surface area contributed by atoms with Crippen LogP contribution in [-0.4, -0.2) is 33.0 Å². The Morgan fingerprint density at radius 3 is 2.59 bits per heavy atom. The summed E-state index contributed by atoms with van der Waals surface area (Å²) < 4.78 is 17.0. The zero-order valence-electron chi connectivity index (χ0n) is 16.9. The third-order valence-electron chi connectivity index (χ3n) is 6.22. The fourth-order valence-corrected chi connectivity index (χ4v) is 5.03. The summed E-state index contributed by atoms with van der Waals surface area (Å²) in [5.74, 6) is 2.05. The Morgan fingerprint density at radius 2 is 1.97 bits per heavy atom. The van der Waals surface area contributed by atoms with E-state index in [2.05, 4.69) is 42.2 Å². The monoisotopic (exact) mass is 393 g/mol. The van der Waals surface area contributed by atoms with Crippen LogP contribution in [0.2, 0.25) is 0 Å². The molecule has 29 heavy (non-hydrogen) atoms. The predicted octanol–water partition coefficient (Wildman–Crippen LogP) is 4.43. The molecule has 0 aromatic heterocycles. The number of cyclic esters (lactones) is 1. The highest BCUT2D eigenvalue weighted by molar-refractivity contribution is 5.69. The quantitative estimate of drug-likeness (QED) is 0.738. The fourth-order valence-electron chi connectivity index (χ4n) is 5.03. The fraction of sp³-hybridized carbons (Fsp3) is 0.375. The van der Waals surface area contributed by atoms with Crippen LogP contribution < -0.4 is 14.8 Å². The highest BCUT2D eigenvalue weighted by Crippen LogP contribution is 2.52. The van der Waals surface area contributed by atoms with Crippen molar-refractivity contribution in [1.82, 2.24) is 5.32 Å². The highest BCUT2D eigenvalue weighted by atomic mass is 16.6. The molecule has 152 valence electrons. The van der Waals surface area contributed by atoms with Crippen LogP contribution in [0.1, 0.15) is 34.9 Å². The van der Waals surface area contributed by atoms with Crippen LogP contribution in [0, 0.1) is 5.92 Å². The van der Waals surface area contributed by atoms with Gasteiger partial charge in [-0.15, -0.1) is 6.58 Å². The second-order valence-corrected chi connectivity index (χ2v) is 7.63. The van der Waals surface area contributed by atoms with Crippen LogP contribution in [-0.2, 0) is 11.2 Å². The van der Waals surface area contributed by atoms with Gasteiger partial charge < -0.3 is 19.5 Å². The van der Waals surface area contributed by atoms with Crippen molar-refractivity contribution in [1.29, 1.82) is 0 Å². The first-order valence-electron chi connectivity index (χ1n) is 10.0. The molecular weight excluding hydrogens is 366 g/mol. The smallest absolute Gasteiger partial charge is 0.407 e. The van der Waals surface area contributed by atoms with Crippen molar-refractivity contribution >= 4 is 6.09 Å². The molecule has 0 radical (unpaired) electrons. The van der Waals surface area contributed by atoms with Crippen LogP contribution in [0.5, 0.6) is 11.5 Å². The number of fused-ring (bicyclic) bond motifs is 1. The summed E-state index contributed by atoms with van der Waals surface area (Å²) in [7, 11) is 3.33. The van der Waals surface area contributed by atoms with E-state index in [1.165, 1.54) is 11.1 Å². The molecule has 5 nitrogen and oxygen atoms in total. The summed E-state index contributed by atoms with van der Waals surface area (Å²) in [4.78, 5) is 11.8. The second-order valence-electron chi connectivity index (χ2n) is 7.63. The number of carbonyl (C=O) groups is 1. The number of rotatable bonds is 6. The van der Waals surface area contributed by atoms with E-state index in [4.69, 9.17) is 14.2 Å². The van der Waals surface area contributed by atoms with Gasteiger partial charge in [-0.1, -0.05) is 42.5 Å². The molecule has 4 rings (SSSR count). The first-order chi connectivity index (χ1) is 14.2. The molecule has 1 saturated heterocycles. The van der Waals surface area contributed by atoms with Crippen molar-refractivity contribution in [3.63, 3.8) is 0 Å². The third-order valence-corrected chi connectivity index (χ3v) is 6.22. The lowest BCUT2D eigenvalue weighted by Crippen LogP contribution is -2.37. The van der Waals surface area contributed by atoms with E-state index in [1.54, 1.807) is 14.2 Å². The Hall–Kier alpha value is -2.95. The molecular formula is C24H27NO4. The lowest BCUT2D eigenvalue weighted by atomic mass is 9.63. The van der Waals surface area contributed by atoms with Gasteiger partial charge in [0.25, 0.3) is 0 Å². The number of amides is 1. The number of alkyl carbamates (subject to hydrolysis) is 1. The topological polar surface area (TPSA) is 56.8 Å². The van der Waals surface area contributed by atoms with Gasteiger partial charge in [-0.25, -0.2) is 4.79 Å². The maximum Gasteiger partial charge on any atom is 0.407 e. The molecule has 1 N–H and O–H groups in total. The van der Waals surface area contributed by atoms with Gasteiger partial charge in [-0.05, 0) is 41.9 Å². The van der Waals surface area contributed by atoms with Crippen molar-refractivity contribution in [3.05, 3.63) is 71.8 Å². The lowest BCUT2D eigenvalue weighted by Gasteiger charge is -2.42. The predicted molar refractivity (Wildman–Crippen MR) is 112 cm³/mol. The average molecular weight is 393 g/mol. The van der Waals surface area contributed by atoms with E-state index in [0.717, 1.165) is 29.9 Å². The van der Waals surface area contributed by atoms with Crippen LogP contribution in [0.3, 0.4) is 0 Å². The first kappa shape index (κ1) is 19.4. The minimum absolute atomic E-state index is 0.0423. The van der Waals surface area contributed by atoms with Crippen molar-refractivity contribution < 1.29 is 19.0 Å². The Balaban J connectivity index is 1.89. The van der Waals surface area contributed by atoms with E-state index in [9.17, 15) is 4.79 Å². The summed E-state index contributed by atoms with van der Waals surface area (Å²) in [5.41, 5.74) is 3.58. The number of methoxy groups -OCH3 is 2. The van der Waals surface area contributed by atoms with E-state index < -0.39 is 0 Å². The number of benzene rings is 2. The maximum atomic E-state index is 11.8. The molecule has 0 bridgehead atoms. The summed E-state index contributed by atoms with van der Waals surface area (Å²) in [6.07, 6.45) is 3.07. The van der Waals surface area contributed by atoms with Gasteiger partial charge in [0.05, 0.1) is 20.8 Å². The zero-order valence-corrected chi connectivity index (χ0v) is 16.9. The van der Waals surface area contributed by atoms with Crippen molar-refractivity contribution in [2.24, 2.45) is 5.92 Å². The van der Waals surface area contributed by atoms with E-state index in [-0.39, 0.29) is 30.0 Å². The van der Waals surface area contributed by atoms with E-state index in [0.29, 0.717) is 6.54 Å². The van der Waals surface area contributed by atoms with Crippen LogP contribution in [0.25, 0.3) is 0 Å². The number of carbonyl (C=O) groups excluding carboxylic acids is 1. The second kappa shape index (κ2) is 8.19. The number of nitrogens with one attached hydrogen (secondary N) is 1. The van der Waals surface area contributed by atoms with Gasteiger partial charge in [-0.2, -0.15) is 0 Å².